The monoisotopic (exact) mass is 319 g/mol. The lowest BCUT2D eigenvalue weighted by molar-refractivity contribution is -0.123. The van der Waals surface area contributed by atoms with Gasteiger partial charge in [0.1, 0.15) is 0 Å². The van der Waals surface area contributed by atoms with E-state index >= 15 is 0 Å². The van der Waals surface area contributed by atoms with Crippen LogP contribution in [0.2, 0.25) is 0 Å². The molecule has 1 aromatic rings. The van der Waals surface area contributed by atoms with E-state index in [1.165, 1.54) is 24.5 Å². The molecule has 1 rings (SSSR count). The molecule has 0 heterocycles. The zero-order chi connectivity index (χ0) is 17.9. The maximum absolute atomic E-state index is 8.25. The van der Waals surface area contributed by atoms with E-state index in [4.69, 9.17) is 14.7 Å². The predicted molar refractivity (Wildman–Crippen MR) is 99.1 cm³/mol. The van der Waals surface area contributed by atoms with Crippen LogP contribution in [0.5, 0.6) is 0 Å². The highest BCUT2D eigenvalue weighted by Gasteiger charge is 1.94. The quantitative estimate of drug-likeness (QED) is 0.495. The average molecular weight is 319 g/mol. The molecular formula is C20H33NO2. The number of nitriles is 1. The van der Waals surface area contributed by atoms with E-state index in [0.717, 1.165) is 18.8 Å². The van der Waals surface area contributed by atoms with E-state index in [1.54, 1.807) is 6.08 Å². The Morgan fingerprint density at radius 3 is 1.83 bits per heavy atom. The molecule has 3 heteroatoms. The number of ether oxygens (including phenoxy) is 2. The van der Waals surface area contributed by atoms with Gasteiger partial charge in [-0.2, -0.15) is 5.26 Å². The van der Waals surface area contributed by atoms with E-state index in [-0.39, 0.29) is 6.29 Å². The largest absolute Gasteiger partial charge is 0.353 e. The first-order valence-corrected chi connectivity index (χ1v) is 8.41. The molecule has 0 bridgehead atoms. The van der Waals surface area contributed by atoms with Crippen molar-refractivity contribution in [2.75, 3.05) is 13.2 Å². The zero-order valence-electron chi connectivity index (χ0n) is 15.6. The highest BCUT2D eigenvalue weighted by Crippen LogP contribution is 2.04. The Labute approximate surface area is 142 Å². The molecule has 23 heavy (non-hydrogen) atoms. The number of rotatable bonds is 6. The molecule has 0 N–H and O–H groups in total. The summed E-state index contributed by atoms with van der Waals surface area (Å²) in [6, 6.07) is 9.98. The molecule has 0 atom stereocenters. The molecule has 0 aromatic heterocycles. The summed E-state index contributed by atoms with van der Waals surface area (Å²) < 4.78 is 10.1. The third kappa shape index (κ3) is 18.3. The summed E-state index contributed by atoms with van der Waals surface area (Å²) in [5.74, 6) is 0. The molecule has 0 amide bonds. The number of nitrogens with zero attached hydrogens (tertiary/aromatic N) is 1. The fourth-order valence-electron chi connectivity index (χ4n) is 1.33. The maximum atomic E-state index is 8.25. The van der Waals surface area contributed by atoms with E-state index < -0.39 is 0 Å². The number of unbranched alkanes of at least 4 members (excludes halogenated alkanes) is 1. The molecule has 1 aromatic carbocycles. The Kier molecular flexibility index (Phi) is 18.9. The second-order valence-corrected chi connectivity index (χ2v) is 4.85. The number of aryl methyl sites for hydroxylation is 1. The molecule has 0 saturated carbocycles. The van der Waals surface area contributed by atoms with E-state index in [2.05, 4.69) is 13.8 Å². The molecule has 0 unspecified atom stereocenters. The fraction of sp³-hybridized carbons (Fsp3) is 0.550. The van der Waals surface area contributed by atoms with Crippen molar-refractivity contribution in [1.82, 2.24) is 0 Å². The van der Waals surface area contributed by atoms with Gasteiger partial charge < -0.3 is 9.47 Å². The van der Waals surface area contributed by atoms with Crippen molar-refractivity contribution in [3.05, 3.63) is 41.5 Å². The molecular weight excluding hydrogens is 286 g/mol. The Hall–Kier alpha value is -1.63. The van der Waals surface area contributed by atoms with Crippen molar-refractivity contribution in [3.8, 4) is 6.07 Å². The van der Waals surface area contributed by atoms with Gasteiger partial charge in [0, 0.05) is 19.3 Å². The van der Waals surface area contributed by atoms with Crippen LogP contribution < -0.4 is 0 Å². The van der Waals surface area contributed by atoms with Gasteiger partial charge in [-0.3, -0.25) is 0 Å². The summed E-state index contributed by atoms with van der Waals surface area (Å²) in [5, 5.41) is 8.25. The van der Waals surface area contributed by atoms with E-state index in [1.807, 2.05) is 58.0 Å². The molecule has 0 saturated heterocycles. The molecule has 0 fully saturated rings. The lowest BCUT2D eigenvalue weighted by Crippen LogP contribution is -2.11. The first-order chi connectivity index (χ1) is 11.0. The van der Waals surface area contributed by atoms with Gasteiger partial charge in [-0.25, -0.2) is 0 Å². The van der Waals surface area contributed by atoms with Crippen LogP contribution in [0.4, 0.5) is 0 Å². The minimum absolute atomic E-state index is 0.0370. The molecule has 0 aliphatic carbocycles. The average Bonchev–Trinajstić information content (AvgIpc) is 2.56. The predicted octanol–water partition coefficient (Wildman–Crippen LogP) is 5.74. The minimum Gasteiger partial charge on any atom is -0.353 e. The molecule has 3 nitrogen and oxygen atoms in total. The molecule has 0 aliphatic rings. The summed E-state index contributed by atoms with van der Waals surface area (Å²) in [7, 11) is 0. The second kappa shape index (κ2) is 18.4. The Morgan fingerprint density at radius 2 is 1.48 bits per heavy atom. The third-order valence-electron chi connectivity index (χ3n) is 2.73. The van der Waals surface area contributed by atoms with Crippen LogP contribution >= 0.6 is 0 Å². The summed E-state index contributed by atoms with van der Waals surface area (Å²) in [5.41, 5.74) is 2.30. The smallest absolute Gasteiger partial charge is 0.154 e. The molecule has 130 valence electrons. The number of hydrogen-bond acceptors (Lipinski definition) is 3. The van der Waals surface area contributed by atoms with Crippen molar-refractivity contribution in [1.29, 1.82) is 5.26 Å². The van der Waals surface area contributed by atoms with Crippen molar-refractivity contribution < 1.29 is 9.47 Å². The first-order valence-electron chi connectivity index (χ1n) is 8.41. The number of benzene rings is 1. The highest BCUT2D eigenvalue weighted by molar-refractivity contribution is 5.51. The van der Waals surface area contributed by atoms with Crippen LogP contribution in [0.1, 0.15) is 58.6 Å². The molecule has 0 aliphatic heterocycles. The van der Waals surface area contributed by atoms with Gasteiger partial charge in [0.05, 0.1) is 6.07 Å². The minimum atomic E-state index is -0.0370. The van der Waals surface area contributed by atoms with E-state index in [9.17, 15) is 0 Å². The number of allylic oxidation sites excluding steroid dienone is 1. The summed E-state index contributed by atoms with van der Waals surface area (Å²) in [4.78, 5) is 0. The lowest BCUT2D eigenvalue weighted by Gasteiger charge is -2.09. The van der Waals surface area contributed by atoms with Gasteiger partial charge in [0.25, 0.3) is 0 Å². The van der Waals surface area contributed by atoms with Gasteiger partial charge in [-0.15, -0.1) is 0 Å². The van der Waals surface area contributed by atoms with Crippen molar-refractivity contribution >= 4 is 6.08 Å². The summed E-state index contributed by atoms with van der Waals surface area (Å²) in [6.07, 6.45) is 5.87. The lowest BCUT2D eigenvalue weighted by atomic mass is 10.1. The van der Waals surface area contributed by atoms with Gasteiger partial charge in [-0.05, 0) is 39.3 Å². The van der Waals surface area contributed by atoms with Crippen LogP contribution in [0.15, 0.2) is 30.3 Å². The van der Waals surface area contributed by atoms with Crippen molar-refractivity contribution in [2.45, 2.75) is 60.7 Å². The molecule has 0 spiro atoms. The van der Waals surface area contributed by atoms with E-state index in [0.29, 0.717) is 0 Å². The SMILES string of the molecule is CCCC.CCOC(C)OCC.Cc1ccc(/C=C/C#N)cc1. The topological polar surface area (TPSA) is 42.2 Å². The normalized spacial score (nSPS) is 9.65. The highest BCUT2D eigenvalue weighted by atomic mass is 16.7. The Balaban J connectivity index is 0. The standard InChI is InChI=1S/C10H9N.C6H14O2.C4H10/c1-9-4-6-10(7-5-9)3-2-8-11;1-4-7-6(3)8-5-2;1-3-4-2/h2-7H,1H3;6H,4-5H2,1-3H3;3-4H2,1-2H3/b3-2+;;. The van der Waals surface area contributed by atoms with Crippen LogP contribution in [-0.2, 0) is 9.47 Å². The van der Waals surface area contributed by atoms with Crippen LogP contribution in [0.3, 0.4) is 0 Å². The number of hydrogen-bond donors (Lipinski definition) is 0. The summed E-state index contributed by atoms with van der Waals surface area (Å²) in [6.45, 7) is 13.7. The fourth-order valence-corrected chi connectivity index (χ4v) is 1.33. The Bertz CT molecular complexity index is 410. The zero-order valence-corrected chi connectivity index (χ0v) is 15.6. The molecule has 0 radical (unpaired) electrons. The van der Waals surface area contributed by atoms with Crippen LogP contribution in [-0.4, -0.2) is 19.5 Å². The van der Waals surface area contributed by atoms with Crippen LogP contribution in [0, 0.1) is 18.3 Å². The summed E-state index contributed by atoms with van der Waals surface area (Å²) >= 11 is 0. The third-order valence-corrected chi connectivity index (χ3v) is 2.73. The second-order valence-electron chi connectivity index (χ2n) is 4.85. The van der Waals surface area contributed by atoms with Crippen molar-refractivity contribution in [2.24, 2.45) is 0 Å². The van der Waals surface area contributed by atoms with Gasteiger partial charge in [-0.1, -0.05) is 56.5 Å². The first kappa shape index (κ1) is 23.6. The Morgan fingerprint density at radius 1 is 1.00 bits per heavy atom. The van der Waals surface area contributed by atoms with Gasteiger partial charge in [0.15, 0.2) is 6.29 Å². The van der Waals surface area contributed by atoms with Crippen molar-refractivity contribution in [3.63, 3.8) is 0 Å². The van der Waals surface area contributed by atoms with Crippen LogP contribution in [0.25, 0.3) is 6.08 Å². The van der Waals surface area contributed by atoms with Gasteiger partial charge in [0.2, 0.25) is 0 Å². The van der Waals surface area contributed by atoms with Gasteiger partial charge >= 0.3 is 0 Å². The maximum Gasteiger partial charge on any atom is 0.154 e.